The topological polar surface area (TPSA) is 39.2 Å². The second-order valence-corrected chi connectivity index (χ2v) is 2.60. The molecule has 0 saturated heterocycles. The molecule has 0 bridgehead atoms. The third-order valence-corrected chi connectivity index (χ3v) is 1.51. The first-order chi connectivity index (χ1) is 7.37. The van der Waals surface area contributed by atoms with Crippen LogP contribution in [0.4, 0.5) is 22.0 Å². The first-order valence-corrected chi connectivity index (χ1v) is 3.83. The van der Waals surface area contributed by atoms with Gasteiger partial charge in [0, 0.05) is 6.07 Å². The average Bonchev–Trinajstić information content (AvgIpc) is 2.16. The van der Waals surface area contributed by atoms with Gasteiger partial charge in [-0.15, -0.1) is 13.2 Å². The Balaban J connectivity index is 3.18. The third kappa shape index (κ3) is 2.88. The van der Waals surface area contributed by atoms with E-state index in [1.54, 1.807) is 0 Å². The van der Waals surface area contributed by atoms with E-state index in [0.717, 1.165) is 0 Å². The van der Waals surface area contributed by atoms with Crippen LogP contribution in [0, 0.1) is 5.82 Å². The summed E-state index contributed by atoms with van der Waals surface area (Å²) in [6.45, 7) is -1.41. The monoisotopic (exact) mass is 241 g/mol. The lowest BCUT2D eigenvalue weighted by Crippen LogP contribution is -2.19. The molecular formula is C8H4F5NO2. The second kappa shape index (κ2) is 4.42. The van der Waals surface area contributed by atoms with Crippen molar-refractivity contribution in [1.82, 2.24) is 4.98 Å². The van der Waals surface area contributed by atoms with Gasteiger partial charge in [0.1, 0.15) is 18.1 Å². The number of ether oxygens (including phenoxy) is 1. The lowest BCUT2D eigenvalue weighted by atomic mass is 10.3. The summed E-state index contributed by atoms with van der Waals surface area (Å²) in [5.74, 6) is -2.41. The van der Waals surface area contributed by atoms with Crippen molar-refractivity contribution in [3.05, 3.63) is 23.3 Å². The predicted molar refractivity (Wildman–Crippen MR) is 41.1 cm³/mol. The molecule has 0 aliphatic heterocycles. The number of alkyl halides is 4. The number of nitrogens with zero attached hydrogens (tertiary/aromatic N) is 1. The Labute approximate surface area is 85.8 Å². The summed E-state index contributed by atoms with van der Waals surface area (Å²) in [4.78, 5) is 13.3. The van der Waals surface area contributed by atoms with Gasteiger partial charge in [0.25, 0.3) is 0 Å². The van der Waals surface area contributed by atoms with Crippen molar-refractivity contribution in [2.24, 2.45) is 0 Å². The zero-order valence-corrected chi connectivity index (χ0v) is 7.52. The molecule has 0 N–H and O–H groups in total. The van der Waals surface area contributed by atoms with Gasteiger partial charge in [-0.3, -0.25) is 4.79 Å². The van der Waals surface area contributed by atoms with Crippen LogP contribution in [0.1, 0.15) is 16.2 Å². The standard InChI is InChI=1S/C8H4F5NO2/c9-2-5-7(16-8(11,12)13)1-4(10)6(3-15)14-5/h1,3H,2H2. The molecular weight excluding hydrogens is 237 g/mol. The molecule has 8 heteroatoms. The summed E-state index contributed by atoms with van der Waals surface area (Å²) in [6.07, 6.45) is -5.12. The highest BCUT2D eigenvalue weighted by atomic mass is 19.4. The van der Waals surface area contributed by atoms with Crippen molar-refractivity contribution in [1.29, 1.82) is 0 Å². The number of aldehydes is 1. The van der Waals surface area contributed by atoms with Crippen molar-refractivity contribution in [3.8, 4) is 5.75 Å². The first-order valence-electron chi connectivity index (χ1n) is 3.83. The molecule has 0 aliphatic carbocycles. The van der Waals surface area contributed by atoms with Crippen LogP contribution in [0.2, 0.25) is 0 Å². The maximum atomic E-state index is 12.9. The predicted octanol–water partition coefficient (Wildman–Crippen LogP) is 2.40. The number of halogens is 5. The highest BCUT2D eigenvalue weighted by Gasteiger charge is 2.33. The SMILES string of the molecule is O=Cc1nc(CF)c(OC(F)(F)F)cc1F. The van der Waals surface area contributed by atoms with E-state index in [0.29, 0.717) is 0 Å². The fourth-order valence-electron chi connectivity index (χ4n) is 0.918. The van der Waals surface area contributed by atoms with E-state index in [-0.39, 0.29) is 12.4 Å². The summed E-state index contributed by atoms with van der Waals surface area (Å²) in [5, 5.41) is 0. The fraction of sp³-hybridized carbons (Fsp3) is 0.250. The summed E-state index contributed by atoms with van der Waals surface area (Å²) in [5.41, 5.74) is -1.57. The minimum atomic E-state index is -5.08. The summed E-state index contributed by atoms with van der Waals surface area (Å²) in [6, 6.07) is 0.263. The smallest absolute Gasteiger partial charge is 0.404 e. The van der Waals surface area contributed by atoms with Crippen LogP contribution in [0.25, 0.3) is 0 Å². The lowest BCUT2D eigenvalue weighted by Gasteiger charge is -2.11. The van der Waals surface area contributed by atoms with E-state index in [1.165, 1.54) is 0 Å². The Hall–Kier alpha value is -1.73. The molecule has 0 unspecified atom stereocenters. The molecule has 88 valence electrons. The largest absolute Gasteiger partial charge is 0.573 e. The van der Waals surface area contributed by atoms with E-state index in [2.05, 4.69) is 9.72 Å². The Morgan fingerprint density at radius 1 is 1.44 bits per heavy atom. The number of aromatic nitrogens is 1. The van der Waals surface area contributed by atoms with Gasteiger partial charge in [0.15, 0.2) is 17.9 Å². The van der Waals surface area contributed by atoms with Gasteiger partial charge in [0.2, 0.25) is 0 Å². The molecule has 1 aromatic heterocycles. The van der Waals surface area contributed by atoms with Crippen LogP contribution in [0.3, 0.4) is 0 Å². The van der Waals surface area contributed by atoms with Crippen LogP contribution in [0.15, 0.2) is 6.07 Å². The fourth-order valence-corrected chi connectivity index (χ4v) is 0.918. The number of carbonyl (C=O) groups is 1. The second-order valence-electron chi connectivity index (χ2n) is 2.60. The normalized spacial score (nSPS) is 11.3. The zero-order valence-electron chi connectivity index (χ0n) is 7.52. The average molecular weight is 241 g/mol. The van der Waals surface area contributed by atoms with Crippen molar-refractivity contribution in [2.75, 3.05) is 0 Å². The maximum Gasteiger partial charge on any atom is 0.573 e. The zero-order chi connectivity index (χ0) is 12.3. The van der Waals surface area contributed by atoms with Gasteiger partial charge in [-0.25, -0.2) is 13.8 Å². The Morgan fingerprint density at radius 2 is 2.06 bits per heavy atom. The van der Waals surface area contributed by atoms with Crippen LogP contribution >= 0.6 is 0 Å². The molecule has 0 spiro atoms. The van der Waals surface area contributed by atoms with Crippen LogP contribution in [-0.2, 0) is 6.67 Å². The molecule has 1 heterocycles. The molecule has 1 rings (SSSR count). The van der Waals surface area contributed by atoms with E-state index in [4.69, 9.17) is 0 Å². The summed E-state index contributed by atoms with van der Waals surface area (Å²) < 4.78 is 63.9. The third-order valence-electron chi connectivity index (χ3n) is 1.51. The highest BCUT2D eigenvalue weighted by Crippen LogP contribution is 2.27. The molecule has 0 aliphatic rings. The Bertz CT molecular complexity index is 404. The molecule has 0 fully saturated rings. The van der Waals surface area contributed by atoms with Crippen LogP contribution in [-0.4, -0.2) is 17.6 Å². The highest BCUT2D eigenvalue weighted by molar-refractivity contribution is 5.72. The van der Waals surface area contributed by atoms with E-state index >= 15 is 0 Å². The molecule has 0 saturated carbocycles. The van der Waals surface area contributed by atoms with Gasteiger partial charge in [-0.1, -0.05) is 0 Å². The van der Waals surface area contributed by atoms with Gasteiger partial charge in [-0.05, 0) is 0 Å². The Morgan fingerprint density at radius 3 is 2.50 bits per heavy atom. The minimum absolute atomic E-state index is 0.0359. The number of hydrogen-bond acceptors (Lipinski definition) is 3. The first kappa shape index (κ1) is 12.3. The van der Waals surface area contributed by atoms with Crippen LogP contribution < -0.4 is 4.74 Å². The lowest BCUT2D eigenvalue weighted by molar-refractivity contribution is -0.275. The molecule has 3 nitrogen and oxygen atoms in total. The summed E-state index contributed by atoms with van der Waals surface area (Å²) >= 11 is 0. The van der Waals surface area contributed by atoms with Gasteiger partial charge in [0.05, 0.1) is 0 Å². The van der Waals surface area contributed by atoms with Crippen molar-refractivity contribution in [2.45, 2.75) is 13.0 Å². The molecule has 0 aromatic carbocycles. The minimum Gasteiger partial charge on any atom is -0.404 e. The molecule has 1 aromatic rings. The quantitative estimate of drug-likeness (QED) is 0.602. The van der Waals surface area contributed by atoms with E-state index in [1.807, 2.05) is 0 Å². The van der Waals surface area contributed by atoms with E-state index < -0.39 is 36.0 Å². The summed E-state index contributed by atoms with van der Waals surface area (Å²) in [7, 11) is 0. The van der Waals surface area contributed by atoms with Gasteiger partial charge < -0.3 is 4.74 Å². The number of hydrogen-bond donors (Lipinski definition) is 0. The number of carbonyl (C=O) groups excluding carboxylic acids is 1. The van der Waals surface area contributed by atoms with Crippen molar-refractivity contribution >= 4 is 6.29 Å². The van der Waals surface area contributed by atoms with Crippen molar-refractivity contribution in [3.63, 3.8) is 0 Å². The number of rotatable bonds is 3. The molecule has 0 atom stereocenters. The maximum absolute atomic E-state index is 12.9. The molecule has 0 amide bonds. The van der Waals surface area contributed by atoms with Gasteiger partial charge >= 0.3 is 6.36 Å². The molecule has 0 radical (unpaired) electrons. The van der Waals surface area contributed by atoms with Crippen LogP contribution in [0.5, 0.6) is 5.75 Å². The number of pyridine rings is 1. The van der Waals surface area contributed by atoms with Crippen molar-refractivity contribution < 1.29 is 31.5 Å². The van der Waals surface area contributed by atoms with E-state index in [9.17, 15) is 26.7 Å². The molecule has 16 heavy (non-hydrogen) atoms. The Kier molecular flexibility index (Phi) is 3.41. The van der Waals surface area contributed by atoms with Gasteiger partial charge in [-0.2, -0.15) is 0 Å².